The molecule has 19 heavy (non-hydrogen) atoms. The Morgan fingerprint density at radius 3 is 2.84 bits per heavy atom. The number of hydrogen-bond donors (Lipinski definition) is 2. The fourth-order valence-electron chi connectivity index (χ4n) is 1.75. The SMILES string of the molecule is CCc1cc(C(=O)Nc2ccnc(C)c2)cc(N)n1. The van der Waals surface area contributed by atoms with Crippen molar-refractivity contribution >= 4 is 17.4 Å². The molecule has 2 rings (SSSR count). The molecule has 98 valence electrons. The van der Waals surface area contributed by atoms with Crippen LogP contribution in [-0.4, -0.2) is 15.9 Å². The van der Waals surface area contributed by atoms with Crippen LogP contribution in [0.15, 0.2) is 30.5 Å². The Morgan fingerprint density at radius 1 is 1.37 bits per heavy atom. The number of aromatic nitrogens is 2. The number of nitrogens with two attached hydrogens (primary N) is 1. The van der Waals surface area contributed by atoms with Gasteiger partial charge in [0.15, 0.2) is 0 Å². The van der Waals surface area contributed by atoms with E-state index in [4.69, 9.17) is 5.73 Å². The molecule has 0 aromatic carbocycles. The first kappa shape index (κ1) is 13.0. The molecule has 2 aromatic heterocycles. The molecule has 1 amide bonds. The van der Waals surface area contributed by atoms with Gasteiger partial charge in [0.25, 0.3) is 5.91 Å². The number of carbonyl (C=O) groups excluding carboxylic acids is 1. The van der Waals surface area contributed by atoms with Gasteiger partial charge < -0.3 is 11.1 Å². The van der Waals surface area contributed by atoms with Crippen LogP contribution in [0.25, 0.3) is 0 Å². The van der Waals surface area contributed by atoms with Crippen LogP contribution in [0.1, 0.15) is 28.7 Å². The largest absolute Gasteiger partial charge is 0.384 e. The van der Waals surface area contributed by atoms with Crippen LogP contribution in [-0.2, 0) is 6.42 Å². The van der Waals surface area contributed by atoms with Gasteiger partial charge in [-0.15, -0.1) is 0 Å². The normalized spacial score (nSPS) is 10.2. The molecular formula is C14H16N4O. The standard InChI is InChI=1S/C14H16N4O/c1-3-11-7-10(8-13(15)17-11)14(19)18-12-4-5-16-9(2)6-12/h4-8H,3H2,1-2H3,(H2,15,17)(H,16,18,19). The summed E-state index contributed by atoms with van der Waals surface area (Å²) < 4.78 is 0. The van der Waals surface area contributed by atoms with Gasteiger partial charge in [-0.3, -0.25) is 9.78 Å². The van der Waals surface area contributed by atoms with Gasteiger partial charge in [0.2, 0.25) is 0 Å². The topological polar surface area (TPSA) is 80.9 Å². The molecule has 0 unspecified atom stereocenters. The third-order valence-corrected chi connectivity index (χ3v) is 2.68. The van der Waals surface area contributed by atoms with Gasteiger partial charge in [-0.2, -0.15) is 0 Å². The van der Waals surface area contributed by atoms with Crippen LogP contribution in [0, 0.1) is 6.92 Å². The average molecular weight is 256 g/mol. The first-order chi connectivity index (χ1) is 9.08. The third kappa shape index (κ3) is 3.28. The molecule has 2 heterocycles. The summed E-state index contributed by atoms with van der Waals surface area (Å²) in [7, 11) is 0. The fraction of sp³-hybridized carbons (Fsp3) is 0.214. The van der Waals surface area contributed by atoms with E-state index in [1.807, 2.05) is 19.9 Å². The van der Waals surface area contributed by atoms with Gasteiger partial charge in [-0.1, -0.05) is 6.92 Å². The predicted octanol–water partition coefficient (Wildman–Crippen LogP) is 2.18. The molecule has 0 spiro atoms. The van der Waals surface area contributed by atoms with Crippen molar-refractivity contribution in [1.82, 2.24) is 9.97 Å². The second-order valence-corrected chi connectivity index (χ2v) is 4.27. The summed E-state index contributed by atoms with van der Waals surface area (Å²) in [5, 5.41) is 2.82. The zero-order valence-electron chi connectivity index (χ0n) is 11.0. The van der Waals surface area contributed by atoms with Crippen molar-refractivity contribution in [2.45, 2.75) is 20.3 Å². The Balaban J connectivity index is 2.22. The Morgan fingerprint density at radius 2 is 2.16 bits per heavy atom. The van der Waals surface area contributed by atoms with Crippen molar-refractivity contribution in [2.75, 3.05) is 11.1 Å². The van der Waals surface area contributed by atoms with Crippen molar-refractivity contribution in [3.05, 3.63) is 47.4 Å². The number of nitrogens with one attached hydrogen (secondary N) is 1. The summed E-state index contributed by atoms with van der Waals surface area (Å²) >= 11 is 0. The maximum atomic E-state index is 12.1. The quantitative estimate of drug-likeness (QED) is 0.882. The number of nitrogen functional groups attached to an aromatic ring is 1. The van der Waals surface area contributed by atoms with Gasteiger partial charge in [-0.25, -0.2) is 4.98 Å². The van der Waals surface area contributed by atoms with Crippen LogP contribution in [0.2, 0.25) is 0 Å². The minimum atomic E-state index is -0.200. The minimum Gasteiger partial charge on any atom is -0.384 e. The second kappa shape index (κ2) is 5.48. The highest BCUT2D eigenvalue weighted by Gasteiger charge is 2.09. The molecule has 3 N–H and O–H groups in total. The first-order valence-corrected chi connectivity index (χ1v) is 6.09. The lowest BCUT2D eigenvalue weighted by Crippen LogP contribution is -2.13. The molecule has 0 aliphatic heterocycles. The number of carbonyl (C=O) groups is 1. The molecule has 0 atom stereocenters. The molecule has 5 nitrogen and oxygen atoms in total. The van der Waals surface area contributed by atoms with E-state index in [-0.39, 0.29) is 5.91 Å². The van der Waals surface area contributed by atoms with Gasteiger partial charge >= 0.3 is 0 Å². The summed E-state index contributed by atoms with van der Waals surface area (Å²) in [6, 6.07) is 6.88. The van der Waals surface area contributed by atoms with Crippen LogP contribution in [0.5, 0.6) is 0 Å². The Bertz CT molecular complexity index is 610. The van der Waals surface area contributed by atoms with E-state index in [0.717, 1.165) is 17.8 Å². The summed E-state index contributed by atoms with van der Waals surface area (Å²) in [4.78, 5) is 20.4. The number of rotatable bonds is 3. The zero-order chi connectivity index (χ0) is 13.8. The van der Waals surface area contributed by atoms with Gasteiger partial charge in [-0.05, 0) is 37.6 Å². The molecule has 2 aromatic rings. The van der Waals surface area contributed by atoms with Crippen molar-refractivity contribution in [3.63, 3.8) is 0 Å². The maximum Gasteiger partial charge on any atom is 0.255 e. The van der Waals surface area contributed by atoms with Crippen LogP contribution in [0.4, 0.5) is 11.5 Å². The molecule has 0 radical (unpaired) electrons. The van der Waals surface area contributed by atoms with E-state index in [9.17, 15) is 4.79 Å². The maximum absolute atomic E-state index is 12.1. The molecule has 0 aliphatic rings. The Labute approximate surface area is 111 Å². The highest BCUT2D eigenvalue weighted by atomic mass is 16.1. The van der Waals surface area contributed by atoms with Gasteiger partial charge in [0.05, 0.1) is 0 Å². The number of anilines is 2. The van der Waals surface area contributed by atoms with E-state index >= 15 is 0 Å². The summed E-state index contributed by atoms with van der Waals surface area (Å²) in [5.41, 5.74) is 8.57. The zero-order valence-corrected chi connectivity index (χ0v) is 11.0. The van der Waals surface area contributed by atoms with Crippen molar-refractivity contribution in [1.29, 1.82) is 0 Å². The lowest BCUT2D eigenvalue weighted by molar-refractivity contribution is 0.102. The van der Waals surface area contributed by atoms with E-state index in [0.29, 0.717) is 17.1 Å². The van der Waals surface area contributed by atoms with Gasteiger partial charge in [0, 0.05) is 28.8 Å². The lowest BCUT2D eigenvalue weighted by atomic mass is 10.1. The number of pyridine rings is 2. The summed E-state index contributed by atoms with van der Waals surface area (Å²) in [6.07, 6.45) is 2.39. The fourth-order valence-corrected chi connectivity index (χ4v) is 1.75. The Kier molecular flexibility index (Phi) is 3.75. The molecular weight excluding hydrogens is 240 g/mol. The van der Waals surface area contributed by atoms with Crippen molar-refractivity contribution in [2.24, 2.45) is 0 Å². The van der Waals surface area contributed by atoms with Crippen LogP contribution >= 0.6 is 0 Å². The third-order valence-electron chi connectivity index (χ3n) is 2.68. The summed E-state index contributed by atoms with van der Waals surface area (Å²) in [6.45, 7) is 3.84. The number of amides is 1. The van der Waals surface area contributed by atoms with E-state index in [1.54, 1.807) is 24.4 Å². The molecule has 5 heteroatoms. The lowest BCUT2D eigenvalue weighted by Gasteiger charge is -2.07. The van der Waals surface area contributed by atoms with E-state index in [2.05, 4.69) is 15.3 Å². The molecule has 0 bridgehead atoms. The Hall–Kier alpha value is -2.43. The number of hydrogen-bond acceptors (Lipinski definition) is 4. The minimum absolute atomic E-state index is 0.200. The average Bonchev–Trinajstić information content (AvgIpc) is 2.38. The molecule has 0 saturated carbocycles. The van der Waals surface area contributed by atoms with Crippen molar-refractivity contribution < 1.29 is 4.79 Å². The second-order valence-electron chi connectivity index (χ2n) is 4.27. The summed E-state index contributed by atoms with van der Waals surface area (Å²) in [5.74, 6) is 0.157. The van der Waals surface area contributed by atoms with E-state index in [1.165, 1.54) is 0 Å². The van der Waals surface area contributed by atoms with Crippen molar-refractivity contribution in [3.8, 4) is 0 Å². The molecule has 0 saturated heterocycles. The van der Waals surface area contributed by atoms with Crippen LogP contribution in [0.3, 0.4) is 0 Å². The van der Waals surface area contributed by atoms with Crippen LogP contribution < -0.4 is 11.1 Å². The molecule has 0 fully saturated rings. The number of aryl methyl sites for hydroxylation is 2. The highest BCUT2D eigenvalue weighted by molar-refractivity contribution is 6.04. The van der Waals surface area contributed by atoms with Gasteiger partial charge in [0.1, 0.15) is 5.82 Å². The first-order valence-electron chi connectivity index (χ1n) is 6.09. The number of nitrogens with zero attached hydrogens (tertiary/aromatic N) is 2. The monoisotopic (exact) mass is 256 g/mol. The highest BCUT2D eigenvalue weighted by Crippen LogP contribution is 2.12. The smallest absolute Gasteiger partial charge is 0.255 e. The van der Waals surface area contributed by atoms with E-state index < -0.39 is 0 Å². The predicted molar refractivity (Wildman–Crippen MR) is 75.0 cm³/mol. The molecule has 0 aliphatic carbocycles.